The molecule has 0 atom stereocenters. The van der Waals surface area contributed by atoms with E-state index in [0.717, 1.165) is 0 Å². The molecule has 28 heavy (non-hydrogen) atoms. The van der Waals surface area contributed by atoms with Crippen molar-refractivity contribution in [2.24, 2.45) is 0 Å². The van der Waals surface area contributed by atoms with Gasteiger partial charge in [0.2, 0.25) is 5.91 Å². The van der Waals surface area contributed by atoms with E-state index in [1.807, 2.05) is 0 Å². The zero-order chi connectivity index (χ0) is 20.1. The molecule has 0 aliphatic rings. The van der Waals surface area contributed by atoms with Crippen molar-refractivity contribution in [3.05, 3.63) is 69.5 Å². The molecule has 8 nitrogen and oxygen atoms in total. The summed E-state index contributed by atoms with van der Waals surface area (Å²) in [5.41, 5.74) is 0.429. The van der Waals surface area contributed by atoms with Gasteiger partial charge in [-0.1, -0.05) is 23.7 Å². The lowest BCUT2D eigenvalue weighted by atomic mass is 10.2. The number of amides is 2. The molecule has 2 N–H and O–H groups in total. The summed E-state index contributed by atoms with van der Waals surface area (Å²) in [4.78, 5) is 49.2. The van der Waals surface area contributed by atoms with E-state index in [0.29, 0.717) is 28.3 Å². The smallest absolute Gasteiger partial charge is 0.270 e. The van der Waals surface area contributed by atoms with E-state index in [1.165, 1.54) is 17.2 Å². The van der Waals surface area contributed by atoms with Gasteiger partial charge in [-0.15, -0.1) is 0 Å². The number of nitrogens with zero attached hydrogens (tertiary/aromatic N) is 3. The summed E-state index contributed by atoms with van der Waals surface area (Å²) in [6.07, 6.45) is 1.42. The van der Waals surface area contributed by atoms with Gasteiger partial charge in [-0.25, -0.2) is 4.98 Å². The van der Waals surface area contributed by atoms with E-state index in [2.05, 4.69) is 20.3 Å². The van der Waals surface area contributed by atoms with E-state index in [1.54, 1.807) is 37.3 Å². The average Bonchev–Trinajstić information content (AvgIpc) is 2.70. The third kappa shape index (κ3) is 4.52. The third-order valence-electron chi connectivity index (χ3n) is 4.09. The average molecular weight is 400 g/mol. The van der Waals surface area contributed by atoms with Crippen molar-refractivity contribution < 1.29 is 9.59 Å². The number of rotatable bonds is 6. The minimum absolute atomic E-state index is 0.126. The van der Waals surface area contributed by atoms with E-state index < -0.39 is 5.91 Å². The molecule has 1 aromatic carbocycles. The maximum atomic E-state index is 12.5. The Bertz CT molecular complexity index is 1080. The summed E-state index contributed by atoms with van der Waals surface area (Å²) in [5, 5.41) is 3.39. The van der Waals surface area contributed by atoms with Crippen LogP contribution in [-0.4, -0.2) is 44.8 Å². The van der Waals surface area contributed by atoms with Crippen molar-refractivity contribution in [2.75, 3.05) is 13.1 Å². The highest BCUT2D eigenvalue weighted by Gasteiger charge is 2.16. The van der Waals surface area contributed by atoms with Crippen LogP contribution in [0.15, 0.2) is 47.4 Å². The van der Waals surface area contributed by atoms with Crippen LogP contribution in [0.4, 0.5) is 0 Å². The molecule has 144 valence electrons. The van der Waals surface area contributed by atoms with E-state index in [4.69, 9.17) is 11.6 Å². The predicted molar refractivity (Wildman–Crippen MR) is 105 cm³/mol. The molecule has 0 saturated heterocycles. The van der Waals surface area contributed by atoms with E-state index >= 15 is 0 Å². The number of carbonyl (C=O) groups is 2. The number of pyridine rings is 1. The van der Waals surface area contributed by atoms with E-state index in [9.17, 15) is 14.4 Å². The number of para-hydroxylation sites is 1. The molecule has 3 aromatic rings. The molecule has 2 heterocycles. The van der Waals surface area contributed by atoms with Crippen LogP contribution in [0, 0.1) is 0 Å². The molecule has 0 radical (unpaired) electrons. The quantitative estimate of drug-likeness (QED) is 0.656. The van der Waals surface area contributed by atoms with Crippen molar-refractivity contribution >= 4 is 34.3 Å². The lowest BCUT2D eigenvalue weighted by molar-refractivity contribution is -0.130. The Labute approximate surface area is 165 Å². The Balaban J connectivity index is 1.67. The summed E-state index contributed by atoms with van der Waals surface area (Å²) in [7, 11) is 0. The summed E-state index contributed by atoms with van der Waals surface area (Å²) in [6, 6.07) is 9.96. The van der Waals surface area contributed by atoms with Crippen LogP contribution in [0.3, 0.4) is 0 Å². The summed E-state index contributed by atoms with van der Waals surface area (Å²) in [6.45, 7) is 2.11. The number of H-pyrrole nitrogens is 1. The van der Waals surface area contributed by atoms with Crippen LogP contribution in [0.25, 0.3) is 10.9 Å². The molecule has 0 spiro atoms. The van der Waals surface area contributed by atoms with Gasteiger partial charge in [0, 0.05) is 17.8 Å². The normalized spacial score (nSPS) is 10.6. The lowest BCUT2D eigenvalue weighted by Gasteiger charge is -2.20. The van der Waals surface area contributed by atoms with Crippen LogP contribution in [0.1, 0.15) is 23.2 Å². The fraction of sp³-hybridized carbons (Fsp3) is 0.211. The van der Waals surface area contributed by atoms with Gasteiger partial charge in [-0.05, 0) is 31.2 Å². The standard InChI is InChI=1S/C19H18ClN5O3/c1-2-25(11-16-23-14-6-4-3-5-13(14)18(27)24-16)17(26)10-22-19(28)15-9-12(20)7-8-21-15/h3-9H,2,10-11H2,1H3,(H,22,28)(H,23,24,27). The molecule has 0 saturated carbocycles. The molecule has 2 amide bonds. The summed E-state index contributed by atoms with van der Waals surface area (Å²) in [5.74, 6) is -0.431. The Morgan fingerprint density at radius 1 is 1.25 bits per heavy atom. The molecule has 0 bridgehead atoms. The molecule has 0 aliphatic carbocycles. The van der Waals surface area contributed by atoms with Gasteiger partial charge in [0.05, 0.1) is 24.0 Å². The van der Waals surface area contributed by atoms with Gasteiger partial charge >= 0.3 is 0 Å². The Morgan fingerprint density at radius 3 is 2.79 bits per heavy atom. The monoisotopic (exact) mass is 399 g/mol. The topological polar surface area (TPSA) is 108 Å². The highest BCUT2D eigenvalue weighted by Crippen LogP contribution is 2.09. The SMILES string of the molecule is CCN(Cc1nc2ccccc2c(=O)[nH]1)C(=O)CNC(=O)c1cc(Cl)ccn1. The maximum Gasteiger partial charge on any atom is 0.270 e. The molecular weight excluding hydrogens is 382 g/mol. The molecule has 3 rings (SSSR count). The maximum absolute atomic E-state index is 12.5. The number of halogens is 1. The number of hydrogen-bond acceptors (Lipinski definition) is 5. The second-order valence-electron chi connectivity index (χ2n) is 5.98. The van der Waals surface area contributed by atoms with Gasteiger partial charge in [-0.3, -0.25) is 19.4 Å². The fourth-order valence-electron chi connectivity index (χ4n) is 2.65. The zero-order valence-electron chi connectivity index (χ0n) is 15.1. The Kier molecular flexibility index (Phi) is 6.00. The molecule has 0 aliphatic heterocycles. The van der Waals surface area contributed by atoms with Gasteiger partial charge in [0.1, 0.15) is 11.5 Å². The largest absolute Gasteiger partial charge is 0.342 e. The summed E-state index contributed by atoms with van der Waals surface area (Å²) >= 11 is 5.84. The minimum Gasteiger partial charge on any atom is -0.342 e. The number of likely N-dealkylation sites (N-methyl/N-ethyl adjacent to an activating group) is 1. The fourth-order valence-corrected chi connectivity index (χ4v) is 2.81. The zero-order valence-corrected chi connectivity index (χ0v) is 15.9. The number of aromatic amines is 1. The van der Waals surface area contributed by atoms with Crippen LogP contribution in [0.2, 0.25) is 5.02 Å². The minimum atomic E-state index is -0.496. The molecular formula is C19H18ClN5O3. The first-order valence-corrected chi connectivity index (χ1v) is 9.01. The molecule has 2 aromatic heterocycles. The van der Waals surface area contributed by atoms with Gasteiger partial charge in [-0.2, -0.15) is 0 Å². The third-order valence-corrected chi connectivity index (χ3v) is 4.33. The molecule has 9 heteroatoms. The predicted octanol–water partition coefficient (Wildman–Crippen LogP) is 1.75. The van der Waals surface area contributed by atoms with Crippen molar-refractivity contribution in [3.8, 4) is 0 Å². The van der Waals surface area contributed by atoms with Gasteiger partial charge in [0.15, 0.2) is 0 Å². The highest BCUT2D eigenvalue weighted by molar-refractivity contribution is 6.30. The number of fused-ring (bicyclic) bond motifs is 1. The van der Waals surface area contributed by atoms with Crippen LogP contribution >= 0.6 is 11.6 Å². The van der Waals surface area contributed by atoms with Crippen LogP contribution in [0.5, 0.6) is 0 Å². The Morgan fingerprint density at radius 2 is 2.04 bits per heavy atom. The first-order chi connectivity index (χ1) is 13.5. The number of aromatic nitrogens is 3. The highest BCUT2D eigenvalue weighted by atomic mass is 35.5. The van der Waals surface area contributed by atoms with Crippen molar-refractivity contribution in [3.63, 3.8) is 0 Å². The number of nitrogens with one attached hydrogen (secondary N) is 2. The van der Waals surface area contributed by atoms with Crippen LogP contribution < -0.4 is 10.9 Å². The van der Waals surface area contributed by atoms with Gasteiger partial charge in [0.25, 0.3) is 11.5 Å². The van der Waals surface area contributed by atoms with Crippen molar-refractivity contribution in [2.45, 2.75) is 13.5 Å². The molecule has 0 fully saturated rings. The number of carbonyl (C=O) groups excluding carboxylic acids is 2. The first kappa shape index (κ1) is 19.5. The second-order valence-corrected chi connectivity index (χ2v) is 6.42. The molecule has 0 unspecified atom stereocenters. The Hall–Kier alpha value is -3.26. The van der Waals surface area contributed by atoms with Gasteiger partial charge < -0.3 is 15.2 Å². The van der Waals surface area contributed by atoms with Crippen molar-refractivity contribution in [1.82, 2.24) is 25.2 Å². The second kappa shape index (κ2) is 8.62. The van der Waals surface area contributed by atoms with Crippen LogP contribution in [-0.2, 0) is 11.3 Å². The van der Waals surface area contributed by atoms with E-state index in [-0.39, 0.29) is 30.2 Å². The first-order valence-electron chi connectivity index (χ1n) is 8.63. The number of hydrogen-bond donors (Lipinski definition) is 2. The summed E-state index contributed by atoms with van der Waals surface area (Å²) < 4.78 is 0. The number of benzene rings is 1. The van der Waals surface area contributed by atoms with Crippen molar-refractivity contribution in [1.29, 1.82) is 0 Å². The lowest BCUT2D eigenvalue weighted by Crippen LogP contribution is -2.40.